The zero-order valence-electron chi connectivity index (χ0n) is 19.8. The van der Waals surface area contributed by atoms with Crippen molar-refractivity contribution < 1.29 is 24.1 Å². The lowest BCUT2D eigenvalue weighted by Crippen LogP contribution is -2.45. The fourth-order valence-electron chi connectivity index (χ4n) is 5.37. The van der Waals surface area contributed by atoms with Crippen LogP contribution in [0.4, 0.5) is 4.39 Å². The lowest BCUT2D eigenvalue weighted by molar-refractivity contribution is -0.153. The van der Waals surface area contributed by atoms with E-state index in [9.17, 15) is 19.4 Å². The molecule has 0 amide bonds. The molecule has 1 aromatic carbocycles. The molecule has 1 saturated carbocycles. The van der Waals surface area contributed by atoms with Gasteiger partial charge in [0.1, 0.15) is 11.6 Å². The minimum Gasteiger partial charge on any atom is -0.497 e. The van der Waals surface area contributed by atoms with Crippen molar-refractivity contribution in [2.24, 2.45) is 5.41 Å². The maximum absolute atomic E-state index is 14.7. The Balaban J connectivity index is 1.37. The molecule has 1 aliphatic heterocycles. The first-order chi connectivity index (χ1) is 16.4. The Morgan fingerprint density at radius 3 is 2.74 bits per heavy atom. The number of halogens is 1. The normalized spacial score (nSPS) is 20.0. The van der Waals surface area contributed by atoms with Crippen LogP contribution >= 0.6 is 11.8 Å². The summed E-state index contributed by atoms with van der Waals surface area (Å²) < 4.78 is 20.0. The summed E-state index contributed by atoms with van der Waals surface area (Å²) in [5.41, 5.74) is -0.161. The molecule has 2 N–H and O–H groups in total. The number of aliphatic hydroxyl groups is 1. The standard InChI is InChI=1S/C26H35FN2O4S/c1-33-18-6-7-22-20(16-18)24(21(27)17-28-22)23(30)8-9-26(25(31)32)10-12-29(13-11-26)14-15-34-19-4-2-3-5-19/h6-7,16-17,19,23,30H,2-5,8-15H2,1H3,(H,31,32)/t23-/m1/s1. The van der Waals surface area contributed by atoms with Gasteiger partial charge in [0, 0.05) is 28.5 Å². The number of hydrogen-bond acceptors (Lipinski definition) is 6. The summed E-state index contributed by atoms with van der Waals surface area (Å²) >= 11 is 2.06. The summed E-state index contributed by atoms with van der Waals surface area (Å²) in [7, 11) is 1.53. The van der Waals surface area contributed by atoms with Crippen molar-refractivity contribution in [3.8, 4) is 5.75 Å². The van der Waals surface area contributed by atoms with Gasteiger partial charge in [0.25, 0.3) is 0 Å². The van der Waals surface area contributed by atoms with Gasteiger partial charge in [-0.2, -0.15) is 11.8 Å². The molecule has 0 bridgehead atoms. The Hall–Kier alpha value is -1.90. The van der Waals surface area contributed by atoms with Crippen LogP contribution in [0, 0.1) is 11.2 Å². The second-order valence-corrected chi connectivity index (χ2v) is 11.1. The highest BCUT2D eigenvalue weighted by molar-refractivity contribution is 7.99. The molecule has 2 heterocycles. The van der Waals surface area contributed by atoms with E-state index in [1.54, 1.807) is 18.2 Å². The Morgan fingerprint density at radius 2 is 2.06 bits per heavy atom. The Labute approximate surface area is 204 Å². The van der Waals surface area contributed by atoms with Crippen LogP contribution in [-0.4, -0.2) is 63.8 Å². The number of pyridine rings is 1. The number of carbonyl (C=O) groups is 1. The number of hydrogen-bond donors (Lipinski definition) is 2. The summed E-state index contributed by atoms with van der Waals surface area (Å²) in [6, 6.07) is 5.13. The van der Waals surface area contributed by atoms with Gasteiger partial charge in [0.15, 0.2) is 0 Å². The maximum atomic E-state index is 14.7. The highest BCUT2D eigenvalue weighted by Gasteiger charge is 2.41. The van der Waals surface area contributed by atoms with Gasteiger partial charge in [0.2, 0.25) is 0 Å². The van der Waals surface area contributed by atoms with Crippen LogP contribution < -0.4 is 4.74 Å². The number of rotatable bonds is 10. The van der Waals surface area contributed by atoms with E-state index in [0.29, 0.717) is 35.9 Å². The topological polar surface area (TPSA) is 82.9 Å². The Bertz CT molecular complexity index is 990. The Kier molecular flexibility index (Phi) is 8.32. The van der Waals surface area contributed by atoms with Gasteiger partial charge < -0.3 is 19.8 Å². The van der Waals surface area contributed by atoms with Gasteiger partial charge in [-0.3, -0.25) is 9.78 Å². The highest BCUT2D eigenvalue weighted by Crippen LogP contribution is 2.40. The van der Waals surface area contributed by atoms with Crippen LogP contribution in [0.25, 0.3) is 10.9 Å². The van der Waals surface area contributed by atoms with Crippen molar-refractivity contribution in [3.63, 3.8) is 0 Å². The van der Waals surface area contributed by atoms with Gasteiger partial charge >= 0.3 is 5.97 Å². The maximum Gasteiger partial charge on any atom is 0.309 e. The molecule has 1 saturated heterocycles. The first-order valence-corrected chi connectivity index (χ1v) is 13.3. The second-order valence-electron chi connectivity index (χ2n) is 9.66. The number of thioether (sulfide) groups is 1. The molecule has 1 atom stereocenters. The van der Waals surface area contributed by atoms with Gasteiger partial charge in [-0.1, -0.05) is 12.8 Å². The van der Waals surface area contributed by atoms with Gasteiger partial charge in [0.05, 0.1) is 30.3 Å². The molecule has 1 aromatic heterocycles. The summed E-state index contributed by atoms with van der Waals surface area (Å²) in [6.45, 7) is 2.49. The zero-order valence-corrected chi connectivity index (χ0v) is 20.7. The summed E-state index contributed by atoms with van der Waals surface area (Å²) in [4.78, 5) is 18.7. The molecule has 8 heteroatoms. The van der Waals surface area contributed by atoms with Crippen molar-refractivity contribution in [3.05, 3.63) is 35.8 Å². The Morgan fingerprint density at radius 1 is 1.32 bits per heavy atom. The third-order valence-electron chi connectivity index (χ3n) is 7.63. The van der Waals surface area contributed by atoms with E-state index in [4.69, 9.17) is 4.74 Å². The molecule has 0 unspecified atom stereocenters. The molecule has 6 nitrogen and oxygen atoms in total. The van der Waals surface area contributed by atoms with E-state index in [2.05, 4.69) is 21.6 Å². The third kappa shape index (κ3) is 5.66. The number of carboxylic acid groups (broad SMARTS) is 1. The SMILES string of the molecule is COc1ccc2ncc(F)c([C@H](O)CCC3(C(=O)O)CCN(CCSC4CCCC4)CC3)c2c1. The lowest BCUT2D eigenvalue weighted by Gasteiger charge is -2.39. The summed E-state index contributed by atoms with van der Waals surface area (Å²) in [5.74, 6) is 0.240. The molecule has 1 aliphatic carbocycles. The number of likely N-dealkylation sites (tertiary alicyclic amines) is 1. The predicted octanol–water partition coefficient (Wildman–Crippen LogP) is 5.04. The number of aromatic nitrogens is 1. The van der Waals surface area contributed by atoms with Crippen molar-refractivity contribution in [1.82, 2.24) is 9.88 Å². The van der Waals surface area contributed by atoms with E-state index >= 15 is 0 Å². The van der Waals surface area contributed by atoms with Gasteiger partial charge in [-0.25, -0.2) is 4.39 Å². The van der Waals surface area contributed by atoms with Crippen LogP contribution in [0.3, 0.4) is 0 Å². The molecular formula is C26H35FN2O4S. The molecule has 34 heavy (non-hydrogen) atoms. The minimum atomic E-state index is -1.12. The zero-order chi connectivity index (χ0) is 24.1. The van der Waals surface area contributed by atoms with Crippen molar-refractivity contribution in [2.45, 2.75) is 62.7 Å². The highest BCUT2D eigenvalue weighted by atomic mass is 32.2. The molecule has 4 rings (SSSR count). The number of ether oxygens (including phenoxy) is 1. The van der Waals surface area contributed by atoms with Crippen LogP contribution in [0.1, 0.15) is 63.0 Å². The summed E-state index contributed by atoms with van der Waals surface area (Å²) in [6.07, 6.45) is 6.94. The van der Waals surface area contributed by atoms with Crippen molar-refractivity contribution in [2.75, 3.05) is 32.5 Å². The number of methoxy groups -OCH3 is 1. The van der Waals surface area contributed by atoms with E-state index in [1.165, 1.54) is 32.8 Å². The second kappa shape index (κ2) is 11.2. The van der Waals surface area contributed by atoms with Crippen molar-refractivity contribution in [1.29, 1.82) is 0 Å². The van der Waals surface area contributed by atoms with E-state index in [-0.39, 0.29) is 12.0 Å². The van der Waals surface area contributed by atoms with E-state index in [0.717, 1.165) is 36.8 Å². The van der Waals surface area contributed by atoms with Crippen molar-refractivity contribution >= 4 is 28.6 Å². The predicted molar refractivity (Wildman–Crippen MR) is 133 cm³/mol. The third-order valence-corrected chi connectivity index (χ3v) is 8.99. The first-order valence-electron chi connectivity index (χ1n) is 12.3. The quantitative estimate of drug-likeness (QED) is 0.483. The molecule has 2 fully saturated rings. The summed E-state index contributed by atoms with van der Waals surface area (Å²) in [5, 5.41) is 22.3. The van der Waals surface area contributed by atoms with E-state index in [1.807, 2.05) is 0 Å². The monoisotopic (exact) mass is 490 g/mol. The molecule has 2 aliphatic rings. The molecule has 2 aromatic rings. The number of aliphatic carboxylic acids is 1. The van der Waals surface area contributed by atoms with E-state index < -0.39 is 23.3 Å². The average molecular weight is 491 g/mol. The van der Waals surface area contributed by atoms with Gasteiger partial charge in [-0.15, -0.1) is 0 Å². The number of carboxylic acids is 1. The van der Waals surface area contributed by atoms with Crippen LogP contribution in [-0.2, 0) is 4.79 Å². The number of aliphatic hydroxyl groups excluding tert-OH is 1. The lowest BCUT2D eigenvalue weighted by atomic mass is 9.74. The number of piperidine rings is 1. The molecule has 186 valence electrons. The largest absolute Gasteiger partial charge is 0.497 e. The fraction of sp³-hybridized carbons (Fsp3) is 0.615. The smallest absolute Gasteiger partial charge is 0.309 e. The minimum absolute atomic E-state index is 0.158. The molecular weight excluding hydrogens is 455 g/mol. The molecule has 0 radical (unpaired) electrons. The average Bonchev–Trinajstić information content (AvgIpc) is 3.36. The van der Waals surface area contributed by atoms with Crippen LogP contribution in [0.15, 0.2) is 24.4 Å². The fourth-order valence-corrected chi connectivity index (χ4v) is 6.73. The molecule has 0 spiro atoms. The van der Waals surface area contributed by atoms with Crippen LogP contribution in [0.2, 0.25) is 0 Å². The van der Waals surface area contributed by atoms with Gasteiger partial charge in [-0.05, 0) is 69.8 Å². The number of fused-ring (bicyclic) bond motifs is 1. The number of nitrogens with zero attached hydrogens (tertiary/aromatic N) is 2. The van der Waals surface area contributed by atoms with Crippen LogP contribution in [0.5, 0.6) is 5.75 Å². The first kappa shape index (κ1) is 25.2. The number of benzene rings is 1.